The van der Waals surface area contributed by atoms with Crippen LogP contribution >= 0.6 is 11.6 Å². The standard InChI is InChI=1S/C10H11ClO3/c1-6(13)10(11)9-7(5-12)3-2-4-8(9)14/h2-4,10,12,14H,5H2,1H3. The lowest BCUT2D eigenvalue weighted by Crippen LogP contribution is -2.05. The largest absolute Gasteiger partial charge is 0.508 e. The van der Waals surface area contributed by atoms with Crippen LogP contribution in [0.15, 0.2) is 18.2 Å². The predicted molar refractivity (Wildman–Crippen MR) is 53.3 cm³/mol. The minimum absolute atomic E-state index is 0.0632. The number of aromatic hydroxyl groups is 1. The molecule has 4 heteroatoms. The smallest absolute Gasteiger partial charge is 0.152 e. The quantitative estimate of drug-likeness (QED) is 0.754. The summed E-state index contributed by atoms with van der Waals surface area (Å²) >= 11 is 5.81. The van der Waals surface area contributed by atoms with E-state index < -0.39 is 5.38 Å². The summed E-state index contributed by atoms with van der Waals surface area (Å²) in [6, 6.07) is 4.65. The maximum absolute atomic E-state index is 11.0. The molecule has 0 heterocycles. The Kier molecular flexibility index (Phi) is 3.49. The van der Waals surface area contributed by atoms with E-state index in [0.717, 1.165) is 0 Å². The van der Waals surface area contributed by atoms with E-state index in [1.54, 1.807) is 12.1 Å². The normalized spacial score (nSPS) is 12.5. The van der Waals surface area contributed by atoms with Crippen LogP contribution in [0.2, 0.25) is 0 Å². The molecule has 14 heavy (non-hydrogen) atoms. The number of ketones is 1. The SMILES string of the molecule is CC(=O)C(Cl)c1c(O)cccc1CO. The third-order valence-corrected chi connectivity index (χ3v) is 2.48. The first-order valence-corrected chi connectivity index (χ1v) is 4.57. The Morgan fingerprint density at radius 1 is 1.57 bits per heavy atom. The van der Waals surface area contributed by atoms with Crippen LogP contribution in [0.1, 0.15) is 23.4 Å². The van der Waals surface area contributed by atoms with E-state index >= 15 is 0 Å². The van der Waals surface area contributed by atoms with Crippen molar-refractivity contribution in [2.24, 2.45) is 0 Å². The topological polar surface area (TPSA) is 57.5 Å². The summed E-state index contributed by atoms with van der Waals surface area (Å²) in [6.45, 7) is 1.09. The second-order valence-electron chi connectivity index (χ2n) is 2.98. The van der Waals surface area contributed by atoms with Gasteiger partial charge in [-0.25, -0.2) is 0 Å². The van der Waals surface area contributed by atoms with Gasteiger partial charge >= 0.3 is 0 Å². The molecule has 0 spiro atoms. The van der Waals surface area contributed by atoms with Crippen molar-refractivity contribution >= 4 is 17.4 Å². The van der Waals surface area contributed by atoms with E-state index in [9.17, 15) is 9.90 Å². The number of Topliss-reactive ketones (excluding diaryl/α,β-unsaturated/α-hetero) is 1. The van der Waals surface area contributed by atoms with E-state index in [2.05, 4.69) is 0 Å². The molecule has 76 valence electrons. The minimum Gasteiger partial charge on any atom is -0.508 e. The molecule has 0 radical (unpaired) electrons. The third-order valence-electron chi connectivity index (χ3n) is 1.95. The highest BCUT2D eigenvalue weighted by Crippen LogP contribution is 2.32. The van der Waals surface area contributed by atoms with Crippen LogP contribution in [0.25, 0.3) is 0 Å². The first-order valence-electron chi connectivity index (χ1n) is 4.14. The van der Waals surface area contributed by atoms with Gasteiger partial charge in [0.15, 0.2) is 5.78 Å². The Morgan fingerprint density at radius 2 is 2.21 bits per heavy atom. The van der Waals surface area contributed by atoms with Crippen LogP contribution in [0.5, 0.6) is 5.75 Å². The molecular weight excluding hydrogens is 204 g/mol. The fraction of sp³-hybridized carbons (Fsp3) is 0.300. The Morgan fingerprint density at radius 3 is 2.71 bits per heavy atom. The van der Waals surface area contributed by atoms with Gasteiger partial charge in [0.1, 0.15) is 11.1 Å². The Labute approximate surface area is 86.9 Å². The maximum atomic E-state index is 11.0. The third kappa shape index (κ3) is 2.05. The van der Waals surface area contributed by atoms with Crippen LogP contribution in [0.4, 0.5) is 0 Å². The minimum atomic E-state index is -0.904. The Balaban J connectivity index is 3.23. The van der Waals surface area contributed by atoms with Crippen molar-refractivity contribution in [1.82, 2.24) is 0 Å². The van der Waals surface area contributed by atoms with Crippen molar-refractivity contribution in [3.05, 3.63) is 29.3 Å². The monoisotopic (exact) mass is 214 g/mol. The number of hydrogen-bond donors (Lipinski definition) is 2. The lowest BCUT2D eigenvalue weighted by Gasteiger charge is -2.12. The summed E-state index contributed by atoms with van der Waals surface area (Å²) in [6.07, 6.45) is 0. The molecule has 1 unspecified atom stereocenters. The number of hydrogen-bond acceptors (Lipinski definition) is 3. The van der Waals surface area contributed by atoms with E-state index in [1.807, 2.05) is 0 Å². The number of phenolic OH excluding ortho intramolecular Hbond substituents is 1. The molecule has 0 saturated carbocycles. The second-order valence-corrected chi connectivity index (χ2v) is 3.42. The summed E-state index contributed by atoms with van der Waals surface area (Å²) in [5, 5.41) is 17.6. The molecule has 0 saturated heterocycles. The van der Waals surface area contributed by atoms with Gasteiger partial charge in [0.05, 0.1) is 6.61 Å². The zero-order valence-corrected chi connectivity index (χ0v) is 8.45. The van der Waals surface area contributed by atoms with Crippen LogP contribution in [0, 0.1) is 0 Å². The van der Waals surface area contributed by atoms with E-state index in [1.165, 1.54) is 13.0 Å². The summed E-state index contributed by atoms with van der Waals surface area (Å²) in [5.41, 5.74) is 0.768. The van der Waals surface area contributed by atoms with E-state index in [0.29, 0.717) is 11.1 Å². The number of carbonyl (C=O) groups excluding carboxylic acids is 1. The van der Waals surface area contributed by atoms with Crippen molar-refractivity contribution in [1.29, 1.82) is 0 Å². The first kappa shape index (κ1) is 11.0. The highest BCUT2D eigenvalue weighted by atomic mass is 35.5. The Bertz CT molecular complexity index is 349. The maximum Gasteiger partial charge on any atom is 0.152 e. The van der Waals surface area contributed by atoms with E-state index in [-0.39, 0.29) is 18.1 Å². The van der Waals surface area contributed by atoms with Gasteiger partial charge in [0.25, 0.3) is 0 Å². The molecule has 0 bridgehead atoms. The average Bonchev–Trinajstić information content (AvgIpc) is 2.16. The van der Waals surface area contributed by atoms with Crippen molar-refractivity contribution in [2.45, 2.75) is 18.9 Å². The van der Waals surface area contributed by atoms with Gasteiger partial charge in [0, 0.05) is 5.56 Å². The van der Waals surface area contributed by atoms with E-state index in [4.69, 9.17) is 16.7 Å². The zero-order chi connectivity index (χ0) is 10.7. The van der Waals surface area contributed by atoms with Crippen LogP contribution in [0.3, 0.4) is 0 Å². The molecule has 1 atom stereocenters. The highest BCUT2D eigenvalue weighted by Gasteiger charge is 2.20. The Hall–Kier alpha value is -1.06. The second kappa shape index (κ2) is 4.44. The van der Waals surface area contributed by atoms with Gasteiger partial charge in [-0.3, -0.25) is 4.79 Å². The van der Waals surface area contributed by atoms with Gasteiger partial charge in [-0.05, 0) is 18.6 Å². The van der Waals surface area contributed by atoms with Gasteiger partial charge < -0.3 is 10.2 Å². The van der Waals surface area contributed by atoms with Crippen LogP contribution in [-0.4, -0.2) is 16.0 Å². The number of halogens is 1. The lowest BCUT2D eigenvalue weighted by molar-refractivity contribution is -0.116. The number of phenols is 1. The number of aliphatic hydroxyl groups is 1. The fourth-order valence-electron chi connectivity index (χ4n) is 1.23. The number of aliphatic hydroxyl groups excluding tert-OH is 1. The average molecular weight is 215 g/mol. The number of rotatable bonds is 3. The molecule has 0 aromatic heterocycles. The molecule has 1 rings (SSSR count). The highest BCUT2D eigenvalue weighted by molar-refractivity contribution is 6.31. The predicted octanol–water partition coefficient (Wildman–Crippen LogP) is 1.75. The molecule has 0 amide bonds. The van der Waals surface area contributed by atoms with Crippen molar-refractivity contribution in [3.8, 4) is 5.75 Å². The van der Waals surface area contributed by atoms with Gasteiger partial charge in [0.2, 0.25) is 0 Å². The summed E-state index contributed by atoms with van der Waals surface area (Å²) in [5.74, 6) is -0.324. The van der Waals surface area contributed by atoms with Gasteiger partial charge in [-0.1, -0.05) is 12.1 Å². The summed E-state index contributed by atoms with van der Waals surface area (Å²) in [7, 11) is 0. The molecule has 2 N–H and O–H groups in total. The fourth-order valence-corrected chi connectivity index (χ4v) is 1.49. The summed E-state index contributed by atoms with van der Waals surface area (Å²) in [4.78, 5) is 11.0. The molecule has 0 fully saturated rings. The molecule has 0 aliphatic rings. The van der Waals surface area contributed by atoms with Crippen molar-refractivity contribution in [2.75, 3.05) is 0 Å². The summed E-state index contributed by atoms with van der Waals surface area (Å²) < 4.78 is 0. The number of benzene rings is 1. The molecular formula is C10H11ClO3. The molecule has 0 aliphatic carbocycles. The molecule has 1 aromatic carbocycles. The zero-order valence-electron chi connectivity index (χ0n) is 7.70. The molecule has 1 aromatic rings. The van der Waals surface area contributed by atoms with Crippen molar-refractivity contribution < 1.29 is 15.0 Å². The number of carbonyl (C=O) groups is 1. The van der Waals surface area contributed by atoms with Crippen molar-refractivity contribution in [3.63, 3.8) is 0 Å². The van der Waals surface area contributed by atoms with Gasteiger partial charge in [-0.2, -0.15) is 0 Å². The lowest BCUT2D eigenvalue weighted by atomic mass is 10.0. The molecule has 3 nitrogen and oxygen atoms in total. The van der Waals surface area contributed by atoms with Crippen LogP contribution in [-0.2, 0) is 11.4 Å². The molecule has 0 aliphatic heterocycles. The first-order chi connectivity index (χ1) is 6.57. The van der Waals surface area contributed by atoms with Crippen LogP contribution < -0.4 is 0 Å². The number of alkyl halides is 1. The van der Waals surface area contributed by atoms with Gasteiger partial charge in [-0.15, -0.1) is 11.6 Å².